The first kappa shape index (κ1) is 10.9. The molecule has 0 aromatic carbocycles. The Bertz CT molecular complexity index is 209. The lowest BCUT2D eigenvalue weighted by atomic mass is 9.80. The van der Waals surface area contributed by atoms with Crippen LogP contribution in [-0.4, -0.2) is 11.8 Å². The lowest BCUT2D eigenvalue weighted by Gasteiger charge is -2.26. The van der Waals surface area contributed by atoms with Crippen molar-refractivity contribution >= 4 is 11.8 Å². The largest absolute Gasteiger partial charge is 0.294 e. The van der Waals surface area contributed by atoms with Crippen molar-refractivity contribution in [1.29, 1.82) is 0 Å². The van der Waals surface area contributed by atoms with Crippen molar-refractivity contribution in [3.8, 4) is 0 Å². The fraction of sp³-hybridized carbons (Fsp3) is 0.750. The van der Waals surface area contributed by atoms with E-state index in [1.807, 2.05) is 0 Å². The van der Waals surface area contributed by atoms with Crippen LogP contribution in [0.25, 0.3) is 0 Å². The summed E-state index contributed by atoms with van der Waals surface area (Å²) in [4.78, 5) is 22.4. The number of carbonyl (C=O) groups is 2. The molecule has 14 heavy (non-hydrogen) atoms. The lowest BCUT2D eigenvalue weighted by molar-refractivity contribution is -0.130. The molecule has 1 saturated carbocycles. The van der Waals surface area contributed by atoms with Crippen LogP contribution in [0, 0.1) is 11.8 Å². The molecule has 1 aliphatic rings. The van der Waals surface area contributed by atoms with Gasteiger partial charge in [-0.15, -0.1) is 0 Å². The van der Waals surface area contributed by atoms with E-state index in [0.29, 0.717) is 6.42 Å². The van der Waals surface area contributed by atoms with E-state index in [4.69, 9.17) is 11.7 Å². The lowest BCUT2D eigenvalue weighted by Crippen LogP contribution is -2.42. The van der Waals surface area contributed by atoms with Crippen molar-refractivity contribution in [1.82, 2.24) is 10.9 Å². The second-order valence-electron chi connectivity index (χ2n) is 3.58. The second kappa shape index (κ2) is 4.92. The number of amides is 2. The molecule has 0 spiro atoms. The summed E-state index contributed by atoms with van der Waals surface area (Å²) >= 11 is 0. The van der Waals surface area contributed by atoms with Crippen LogP contribution in [0.15, 0.2) is 0 Å². The Balaban J connectivity index is 2.51. The van der Waals surface area contributed by atoms with Crippen molar-refractivity contribution in [2.24, 2.45) is 23.5 Å². The number of hydrogen-bond acceptors (Lipinski definition) is 4. The summed E-state index contributed by atoms with van der Waals surface area (Å²) in [6.07, 6.45) is 2.97. The molecular weight excluding hydrogens is 184 g/mol. The highest BCUT2D eigenvalue weighted by molar-refractivity contribution is 5.81. The zero-order valence-electron chi connectivity index (χ0n) is 7.95. The van der Waals surface area contributed by atoms with Crippen LogP contribution in [0.4, 0.5) is 0 Å². The molecule has 6 N–H and O–H groups in total. The van der Waals surface area contributed by atoms with Crippen LogP contribution in [0.1, 0.15) is 25.7 Å². The number of nitrogens with two attached hydrogens (primary N) is 2. The van der Waals surface area contributed by atoms with Gasteiger partial charge in [-0.2, -0.15) is 0 Å². The van der Waals surface area contributed by atoms with E-state index in [-0.39, 0.29) is 23.7 Å². The van der Waals surface area contributed by atoms with E-state index in [0.717, 1.165) is 19.3 Å². The maximum Gasteiger partial charge on any atom is 0.237 e. The molecule has 0 aromatic heterocycles. The first-order chi connectivity index (χ1) is 6.69. The molecule has 0 saturated heterocycles. The Labute approximate surface area is 82.3 Å². The van der Waals surface area contributed by atoms with E-state index in [1.165, 1.54) is 0 Å². The third kappa shape index (κ3) is 2.43. The van der Waals surface area contributed by atoms with Gasteiger partial charge in [-0.1, -0.05) is 6.42 Å². The first-order valence-electron chi connectivity index (χ1n) is 4.70. The van der Waals surface area contributed by atoms with Crippen molar-refractivity contribution in [3.63, 3.8) is 0 Å². The maximum absolute atomic E-state index is 11.2. The zero-order valence-corrected chi connectivity index (χ0v) is 7.95. The summed E-state index contributed by atoms with van der Waals surface area (Å²) < 4.78 is 0. The molecule has 80 valence electrons. The molecule has 0 radical (unpaired) electrons. The second-order valence-corrected chi connectivity index (χ2v) is 3.58. The van der Waals surface area contributed by atoms with Crippen molar-refractivity contribution < 1.29 is 9.59 Å². The first-order valence-corrected chi connectivity index (χ1v) is 4.70. The smallest absolute Gasteiger partial charge is 0.237 e. The monoisotopic (exact) mass is 200 g/mol. The molecule has 0 aliphatic heterocycles. The average Bonchev–Trinajstić information content (AvgIpc) is 2.27. The Morgan fingerprint density at radius 2 is 1.43 bits per heavy atom. The third-order valence-electron chi connectivity index (χ3n) is 2.70. The van der Waals surface area contributed by atoms with Gasteiger partial charge >= 0.3 is 0 Å². The fourth-order valence-electron chi connectivity index (χ4n) is 1.90. The maximum atomic E-state index is 11.2. The Morgan fingerprint density at radius 1 is 1.00 bits per heavy atom. The number of hydrogen-bond donors (Lipinski definition) is 4. The van der Waals surface area contributed by atoms with Crippen LogP contribution in [-0.2, 0) is 9.59 Å². The number of hydrazine groups is 2. The van der Waals surface area contributed by atoms with Crippen LogP contribution in [0.5, 0.6) is 0 Å². The van der Waals surface area contributed by atoms with Gasteiger partial charge in [0.25, 0.3) is 0 Å². The van der Waals surface area contributed by atoms with E-state index in [2.05, 4.69) is 10.9 Å². The summed E-state index contributed by atoms with van der Waals surface area (Å²) in [5, 5.41) is 0. The molecule has 0 heterocycles. The van der Waals surface area contributed by atoms with Gasteiger partial charge in [-0.05, 0) is 19.3 Å². The minimum absolute atomic E-state index is 0.156. The summed E-state index contributed by atoms with van der Waals surface area (Å²) in [5.41, 5.74) is 4.22. The summed E-state index contributed by atoms with van der Waals surface area (Å²) in [7, 11) is 0. The van der Waals surface area contributed by atoms with Gasteiger partial charge in [0.2, 0.25) is 11.8 Å². The van der Waals surface area contributed by atoms with Gasteiger partial charge in [-0.25, -0.2) is 11.7 Å². The van der Waals surface area contributed by atoms with Crippen molar-refractivity contribution in [2.45, 2.75) is 25.7 Å². The minimum atomic E-state index is -0.195. The number of nitrogens with one attached hydrogen (secondary N) is 2. The predicted molar refractivity (Wildman–Crippen MR) is 50.1 cm³/mol. The summed E-state index contributed by atoms with van der Waals surface area (Å²) in [5.74, 6) is 9.36. The molecule has 6 nitrogen and oxygen atoms in total. The molecule has 6 heteroatoms. The SMILES string of the molecule is NNC(=O)C1CCCC(C(=O)NN)C1. The van der Waals surface area contributed by atoms with E-state index < -0.39 is 0 Å². The molecule has 1 fully saturated rings. The summed E-state index contributed by atoms with van der Waals surface area (Å²) in [6, 6.07) is 0. The van der Waals surface area contributed by atoms with Gasteiger partial charge in [0, 0.05) is 11.8 Å². The fourth-order valence-corrected chi connectivity index (χ4v) is 1.90. The van der Waals surface area contributed by atoms with Crippen LogP contribution in [0.2, 0.25) is 0 Å². The Hall–Kier alpha value is -1.14. The van der Waals surface area contributed by atoms with Gasteiger partial charge in [0.05, 0.1) is 0 Å². The summed E-state index contributed by atoms with van der Waals surface area (Å²) in [6.45, 7) is 0. The molecule has 1 rings (SSSR count). The predicted octanol–water partition coefficient (Wildman–Crippen LogP) is -1.23. The highest BCUT2D eigenvalue weighted by atomic mass is 16.2. The van der Waals surface area contributed by atoms with Crippen LogP contribution in [0.3, 0.4) is 0 Å². The van der Waals surface area contributed by atoms with E-state index in [1.54, 1.807) is 0 Å². The normalized spacial score (nSPS) is 26.7. The molecule has 0 aromatic rings. The highest BCUT2D eigenvalue weighted by Gasteiger charge is 2.30. The van der Waals surface area contributed by atoms with Gasteiger partial charge < -0.3 is 0 Å². The molecule has 0 bridgehead atoms. The minimum Gasteiger partial charge on any atom is -0.294 e. The third-order valence-corrected chi connectivity index (χ3v) is 2.70. The molecular formula is C8H16N4O2. The Kier molecular flexibility index (Phi) is 3.84. The van der Waals surface area contributed by atoms with Crippen LogP contribution >= 0.6 is 0 Å². The van der Waals surface area contributed by atoms with E-state index in [9.17, 15) is 9.59 Å². The molecule has 2 atom stereocenters. The molecule has 2 unspecified atom stereocenters. The van der Waals surface area contributed by atoms with Gasteiger partial charge in [0.15, 0.2) is 0 Å². The van der Waals surface area contributed by atoms with E-state index >= 15 is 0 Å². The number of rotatable bonds is 2. The Morgan fingerprint density at radius 3 is 1.79 bits per heavy atom. The van der Waals surface area contributed by atoms with Gasteiger partial charge in [-0.3, -0.25) is 20.4 Å². The topological polar surface area (TPSA) is 110 Å². The van der Waals surface area contributed by atoms with Gasteiger partial charge in [0.1, 0.15) is 0 Å². The highest BCUT2D eigenvalue weighted by Crippen LogP contribution is 2.28. The molecule has 2 amide bonds. The molecule has 1 aliphatic carbocycles. The standard InChI is InChI=1S/C8H16N4O2/c9-11-7(13)5-2-1-3-6(4-5)8(14)12-10/h5-6H,1-4,9-10H2,(H,11,13)(H,12,14). The quantitative estimate of drug-likeness (QED) is 0.254. The average molecular weight is 200 g/mol. The van der Waals surface area contributed by atoms with Crippen molar-refractivity contribution in [2.75, 3.05) is 0 Å². The number of carbonyl (C=O) groups excluding carboxylic acids is 2. The zero-order chi connectivity index (χ0) is 10.6. The van der Waals surface area contributed by atoms with Crippen molar-refractivity contribution in [3.05, 3.63) is 0 Å². The van der Waals surface area contributed by atoms with Crippen LogP contribution < -0.4 is 22.5 Å².